The highest BCUT2D eigenvalue weighted by Crippen LogP contribution is 2.23. The molecular formula is C21H36N2O2. The number of carbonyl (C=O) groups is 1. The Labute approximate surface area is 153 Å². The molecule has 2 atom stereocenters. The fourth-order valence-corrected chi connectivity index (χ4v) is 3.52. The first-order chi connectivity index (χ1) is 11.9. The van der Waals surface area contributed by atoms with Gasteiger partial charge in [0, 0.05) is 44.9 Å². The third-order valence-electron chi connectivity index (χ3n) is 5.92. The van der Waals surface area contributed by atoms with E-state index in [0.29, 0.717) is 5.92 Å². The molecule has 2 rings (SSSR count). The van der Waals surface area contributed by atoms with Crippen molar-refractivity contribution >= 4 is 5.91 Å². The smallest absolute Gasteiger partial charge is 0.225 e. The van der Waals surface area contributed by atoms with Crippen LogP contribution < -0.4 is 0 Å². The van der Waals surface area contributed by atoms with Crippen molar-refractivity contribution in [3.63, 3.8) is 0 Å². The summed E-state index contributed by atoms with van der Waals surface area (Å²) in [5, 5.41) is 0. The standard InChI is InChI=1S/C21H36N2O2/c1-16(17(2)10-11-19(4)22-12-6-7-13-22)8-9-18(3)21(24)23-14-20(15-23)25-5/h10-11,16,18,20H,6-9,12-15H2,1-5H3/b17-10+,19-11+/t16-,18-/m0/s1. The van der Waals surface area contributed by atoms with Crippen LogP contribution in [-0.2, 0) is 9.53 Å². The summed E-state index contributed by atoms with van der Waals surface area (Å²) in [6.07, 6.45) is 9.42. The lowest BCUT2D eigenvalue weighted by Crippen LogP contribution is -2.55. The molecule has 2 aliphatic rings. The minimum atomic E-state index is 0.106. The first kappa shape index (κ1) is 20.0. The quantitative estimate of drug-likeness (QED) is 0.625. The second kappa shape index (κ2) is 9.42. The number of amides is 1. The number of methoxy groups -OCH3 is 1. The van der Waals surface area contributed by atoms with Gasteiger partial charge in [0.1, 0.15) is 0 Å². The first-order valence-electron chi connectivity index (χ1n) is 9.84. The number of rotatable bonds is 8. The highest BCUT2D eigenvalue weighted by Gasteiger charge is 2.32. The largest absolute Gasteiger partial charge is 0.378 e. The Bertz CT molecular complexity index is 500. The summed E-state index contributed by atoms with van der Waals surface area (Å²) in [5.74, 6) is 0.905. The molecule has 2 aliphatic heterocycles. The van der Waals surface area contributed by atoms with Crippen LogP contribution >= 0.6 is 0 Å². The van der Waals surface area contributed by atoms with Gasteiger partial charge in [-0.25, -0.2) is 0 Å². The van der Waals surface area contributed by atoms with Gasteiger partial charge in [0.25, 0.3) is 0 Å². The molecule has 142 valence electrons. The molecule has 4 heteroatoms. The molecule has 2 heterocycles. The summed E-state index contributed by atoms with van der Waals surface area (Å²) in [4.78, 5) is 16.8. The fourth-order valence-electron chi connectivity index (χ4n) is 3.52. The molecule has 0 radical (unpaired) electrons. The molecule has 0 N–H and O–H groups in total. The lowest BCUT2D eigenvalue weighted by Gasteiger charge is -2.39. The Hall–Kier alpha value is -1.29. The Morgan fingerprint density at radius 3 is 2.24 bits per heavy atom. The van der Waals surface area contributed by atoms with Gasteiger partial charge in [0.15, 0.2) is 0 Å². The molecule has 0 unspecified atom stereocenters. The molecular weight excluding hydrogens is 312 g/mol. The predicted octanol–water partition coefficient (Wildman–Crippen LogP) is 3.84. The third kappa shape index (κ3) is 5.60. The minimum Gasteiger partial charge on any atom is -0.378 e. The number of ether oxygens (including phenoxy) is 1. The van der Waals surface area contributed by atoms with Crippen molar-refractivity contribution in [2.75, 3.05) is 33.3 Å². The molecule has 0 saturated carbocycles. The van der Waals surface area contributed by atoms with Crippen LogP contribution in [0.25, 0.3) is 0 Å². The van der Waals surface area contributed by atoms with E-state index < -0.39 is 0 Å². The zero-order chi connectivity index (χ0) is 18.4. The van der Waals surface area contributed by atoms with Crippen molar-refractivity contribution in [3.8, 4) is 0 Å². The van der Waals surface area contributed by atoms with E-state index in [1.54, 1.807) is 7.11 Å². The van der Waals surface area contributed by atoms with Gasteiger partial charge in [0.05, 0.1) is 6.10 Å². The second-order valence-electron chi connectivity index (χ2n) is 7.89. The van der Waals surface area contributed by atoms with Gasteiger partial charge < -0.3 is 14.5 Å². The molecule has 0 aromatic rings. The molecule has 0 aromatic heterocycles. The van der Waals surface area contributed by atoms with Gasteiger partial charge in [-0.15, -0.1) is 0 Å². The van der Waals surface area contributed by atoms with Gasteiger partial charge in [-0.05, 0) is 51.5 Å². The minimum absolute atomic E-state index is 0.106. The molecule has 2 saturated heterocycles. The van der Waals surface area contributed by atoms with E-state index in [1.807, 2.05) is 4.90 Å². The maximum Gasteiger partial charge on any atom is 0.225 e. The van der Waals surface area contributed by atoms with Crippen LogP contribution in [0, 0.1) is 11.8 Å². The van der Waals surface area contributed by atoms with Gasteiger partial charge >= 0.3 is 0 Å². The summed E-state index contributed by atoms with van der Waals surface area (Å²) in [7, 11) is 1.71. The lowest BCUT2D eigenvalue weighted by molar-refractivity contribution is -0.147. The van der Waals surface area contributed by atoms with Gasteiger partial charge in [0.2, 0.25) is 5.91 Å². The fraction of sp³-hybridized carbons (Fsp3) is 0.762. The number of likely N-dealkylation sites (tertiary alicyclic amines) is 2. The highest BCUT2D eigenvalue weighted by atomic mass is 16.5. The highest BCUT2D eigenvalue weighted by molar-refractivity contribution is 5.79. The number of hydrogen-bond donors (Lipinski definition) is 0. The summed E-state index contributed by atoms with van der Waals surface area (Å²) in [6, 6.07) is 0. The molecule has 4 nitrogen and oxygen atoms in total. The average molecular weight is 349 g/mol. The van der Waals surface area contributed by atoms with Crippen LogP contribution in [0.15, 0.2) is 23.4 Å². The molecule has 0 bridgehead atoms. The van der Waals surface area contributed by atoms with Crippen molar-refractivity contribution in [3.05, 3.63) is 23.4 Å². The Morgan fingerprint density at radius 2 is 1.64 bits per heavy atom. The summed E-state index contributed by atoms with van der Waals surface area (Å²) in [5.41, 5.74) is 2.78. The van der Waals surface area contributed by atoms with E-state index in [2.05, 4.69) is 44.7 Å². The number of hydrogen-bond acceptors (Lipinski definition) is 3. The zero-order valence-corrected chi connectivity index (χ0v) is 16.8. The molecule has 0 aliphatic carbocycles. The molecule has 1 amide bonds. The van der Waals surface area contributed by atoms with Crippen LogP contribution in [0.4, 0.5) is 0 Å². The molecule has 0 aromatic carbocycles. The van der Waals surface area contributed by atoms with Gasteiger partial charge in [-0.1, -0.05) is 25.5 Å². The first-order valence-corrected chi connectivity index (χ1v) is 9.84. The summed E-state index contributed by atoms with van der Waals surface area (Å²) >= 11 is 0. The molecule has 0 spiro atoms. The van der Waals surface area contributed by atoms with E-state index in [-0.39, 0.29) is 17.9 Å². The van der Waals surface area contributed by atoms with Crippen molar-refractivity contribution < 1.29 is 9.53 Å². The zero-order valence-electron chi connectivity index (χ0n) is 16.8. The van der Waals surface area contributed by atoms with E-state index in [9.17, 15) is 4.79 Å². The van der Waals surface area contributed by atoms with Crippen molar-refractivity contribution in [1.82, 2.24) is 9.80 Å². The Balaban J connectivity index is 1.74. The molecule has 2 fully saturated rings. The average Bonchev–Trinajstić information content (AvgIpc) is 3.10. The number of nitrogens with zero attached hydrogens (tertiary/aromatic N) is 2. The monoisotopic (exact) mass is 348 g/mol. The van der Waals surface area contributed by atoms with Crippen LogP contribution in [-0.4, -0.2) is 55.1 Å². The Morgan fingerprint density at radius 1 is 1.04 bits per heavy atom. The second-order valence-corrected chi connectivity index (χ2v) is 7.89. The lowest BCUT2D eigenvalue weighted by atomic mass is 9.91. The SMILES string of the molecule is COC1CN(C(=O)[C@@H](C)CC[C@H](C)/C(C)=C/C=C(\C)N2CCCC2)C1. The molecule has 25 heavy (non-hydrogen) atoms. The predicted molar refractivity (Wildman–Crippen MR) is 103 cm³/mol. The van der Waals surface area contributed by atoms with Crippen LogP contribution in [0.3, 0.4) is 0 Å². The van der Waals surface area contributed by atoms with E-state index in [0.717, 1.165) is 25.9 Å². The Kier molecular flexibility index (Phi) is 7.55. The van der Waals surface area contributed by atoms with E-state index in [1.165, 1.54) is 37.2 Å². The maximum atomic E-state index is 12.4. The number of allylic oxidation sites excluding steroid dienone is 4. The van der Waals surface area contributed by atoms with Crippen molar-refractivity contribution in [1.29, 1.82) is 0 Å². The van der Waals surface area contributed by atoms with Gasteiger partial charge in [-0.3, -0.25) is 4.79 Å². The van der Waals surface area contributed by atoms with Crippen LogP contribution in [0.1, 0.15) is 53.4 Å². The summed E-state index contributed by atoms with van der Waals surface area (Å²) in [6.45, 7) is 12.7. The van der Waals surface area contributed by atoms with Gasteiger partial charge in [-0.2, -0.15) is 0 Å². The van der Waals surface area contributed by atoms with Crippen LogP contribution in [0.2, 0.25) is 0 Å². The van der Waals surface area contributed by atoms with Crippen molar-refractivity contribution in [2.45, 2.75) is 59.5 Å². The third-order valence-corrected chi connectivity index (χ3v) is 5.92. The van der Waals surface area contributed by atoms with Crippen molar-refractivity contribution in [2.24, 2.45) is 11.8 Å². The topological polar surface area (TPSA) is 32.8 Å². The van der Waals surface area contributed by atoms with E-state index >= 15 is 0 Å². The normalized spacial score (nSPS) is 22.1. The number of carbonyl (C=O) groups excluding carboxylic acids is 1. The van der Waals surface area contributed by atoms with E-state index in [4.69, 9.17) is 4.74 Å². The summed E-state index contributed by atoms with van der Waals surface area (Å²) < 4.78 is 5.25. The maximum absolute atomic E-state index is 12.4. The van der Waals surface area contributed by atoms with Crippen LogP contribution in [0.5, 0.6) is 0 Å².